The van der Waals surface area contributed by atoms with Gasteiger partial charge in [-0.05, 0) is 71.7 Å². The smallest absolute Gasteiger partial charge is 0.255 e. The standard InChI is InChI=1S/C22H24N2O9.C22H24N2O8.2H2O/c1-21(32)7-5-4-6-8(25)9(7)15(26)10-12(21)17(28)13-14(24(2)3)16(27)11(20(23)31)19(30)22(13,33)18(10)29;1-21(31)8-5-4-6-11(25)12(8)16(26)13-9(21)7-10-15(24(2)3)17(27)14(20(23)30)19(29)22(10,32)18(13)28;;/h4-6,12-14,17,25-26,28,30,32-33H,1-3H3,(H2,23,31);4-6,9-10,15,25-26,29,31-32H,7H2,1-3H3,(H2,23,30);2*1H2/t12-,13-,14+,17+,21-,22+;9-,10-,15-,21+,22-;;/m10../s1. The number of amides is 2. The van der Waals surface area contributed by atoms with Gasteiger partial charge in [0.05, 0.1) is 57.9 Å². The Labute approximate surface area is 379 Å². The first-order valence-electron chi connectivity index (χ1n) is 20.0. The maximum Gasteiger partial charge on any atom is 0.255 e. The quantitative estimate of drug-likeness (QED) is 0.133. The van der Waals surface area contributed by atoms with Crippen LogP contribution in [0.5, 0.6) is 11.5 Å². The summed E-state index contributed by atoms with van der Waals surface area (Å²) in [5.74, 6) is -17.6. The van der Waals surface area contributed by atoms with Crippen molar-refractivity contribution < 1.29 is 95.9 Å². The third-order valence-electron chi connectivity index (χ3n) is 14.1. The van der Waals surface area contributed by atoms with Crippen molar-refractivity contribution >= 4 is 46.5 Å². The Morgan fingerprint density at radius 1 is 0.627 bits per heavy atom. The van der Waals surface area contributed by atoms with Crippen LogP contribution < -0.4 is 11.5 Å². The minimum absolute atomic E-state index is 0. The number of carbonyl (C=O) groups excluding carboxylic acids is 6. The molecule has 0 spiro atoms. The van der Waals surface area contributed by atoms with Gasteiger partial charge >= 0.3 is 0 Å². The normalized spacial score (nSPS) is 34.1. The van der Waals surface area contributed by atoms with Gasteiger partial charge in [0.25, 0.3) is 11.8 Å². The number of fused-ring (bicyclic) bond motifs is 6. The summed E-state index contributed by atoms with van der Waals surface area (Å²) in [5.41, 5.74) is -2.32. The highest BCUT2D eigenvalue weighted by atomic mass is 16.4. The predicted octanol–water partition coefficient (Wildman–Crippen LogP) is -3.42. The molecule has 23 nitrogen and oxygen atoms in total. The van der Waals surface area contributed by atoms with Crippen LogP contribution in [0.1, 0.15) is 42.5 Å². The maximum atomic E-state index is 13.7. The van der Waals surface area contributed by atoms with Gasteiger partial charge in [-0.15, -0.1) is 0 Å². The van der Waals surface area contributed by atoms with Gasteiger partial charge in [-0.25, -0.2) is 0 Å². The van der Waals surface area contributed by atoms with Crippen LogP contribution in [0, 0.1) is 23.7 Å². The molecule has 0 bridgehead atoms. The average Bonchev–Trinajstić information content (AvgIpc) is 3.19. The van der Waals surface area contributed by atoms with E-state index in [1.54, 1.807) is 0 Å². The minimum atomic E-state index is -3.02. The molecule has 2 fully saturated rings. The second kappa shape index (κ2) is 16.4. The van der Waals surface area contributed by atoms with Crippen LogP contribution >= 0.6 is 0 Å². The molecule has 2 aromatic rings. The van der Waals surface area contributed by atoms with E-state index in [2.05, 4.69) is 0 Å². The van der Waals surface area contributed by atoms with Gasteiger partial charge < -0.3 is 78.6 Å². The molecular formula is C44H52N4O19. The van der Waals surface area contributed by atoms with Crippen molar-refractivity contribution in [1.82, 2.24) is 9.80 Å². The SMILES string of the molecule is CN(C)[C@@H]1C(=O)C(C(N)=O)=C(O)[C@@]2(O)C(=O)C3=C(O)c4c(O)cccc4[C@@](C)(O)[C@H]3C[C@@H]12.CN(C)[C@@H]1C(=O)C(C(N)=O)=C(O)[C@@]2(O)C(=O)C3=C(O)c4c(O)cccc4[C@@](C)(O)[C@H]3[C@H](O)[C@@H]12.O.O. The van der Waals surface area contributed by atoms with Crippen LogP contribution in [-0.2, 0) is 40.0 Å². The van der Waals surface area contributed by atoms with E-state index in [9.17, 15) is 84.9 Å². The first-order chi connectivity index (χ1) is 30.0. The van der Waals surface area contributed by atoms with E-state index in [1.807, 2.05) is 0 Å². The van der Waals surface area contributed by atoms with E-state index in [1.165, 1.54) is 88.2 Å². The largest absolute Gasteiger partial charge is 0.508 e. The molecule has 0 radical (unpaired) electrons. The van der Waals surface area contributed by atoms with Crippen LogP contribution in [0.15, 0.2) is 70.2 Å². The predicted molar refractivity (Wildman–Crippen MR) is 229 cm³/mol. The van der Waals surface area contributed by atoms with E-state index >= 15 is 0 Å². The van der Waals surface area contributed by atoms with Crippen LogP contribution in [0.4, 0.5) is 0 Å². The van der Waals surface area contributed by atoms with Gasteiger partial charge in [0.15, 0.2) is 22.8 Å². The first kappa shape index (κ1) is 51.4. The Bertz CT molecular complexity index is 2700. The summed E-state index contributed by atoms with van der Waals surface area (Å²) >= 11 is 0. The number of benzene rings is 2. The molecule has 0 saturated heterocycles. The lowest BCUT2D eigenvalue weighted by atomic mass is 9.53. The van der Waals surface area contributed by atoms with Gasteiger partial charge in [-0.3, -0.25) is 38.6 Å². The summed E-state index contributed by atoms with van der Waals surface area (Å²) in [4.78, 5) is 79.9. The van der Waals surface area contributed by atoms with Crippen molar-refractivity contribution in [2.45, 2.75) is 60.9 Å². The van der Waals surface area contributed by atoms with E-state index < -0.39 is 156 Å². The van der Waals surface area contributed by atoms with Crippen LogP contribution in [0.2, 0.25) is 0 Å². The Hall–Kier alpha value is -6.54. The fourth-order valence-corrected chi connectivity index (χ4v) is 11.1. The number of carbonyl (C=O) groups is 6. The number of nitrogens with two attached hydrogens (primary N) is 2. The molecule has 6 aliphatic carbocycles. The number of primary amides is 2. The monoisotopic (exact) mass is 940 g/mol. The van der Waals surface area contributed by atoms with Crippen LogP contribution in [-0.4, -0.2) is 169 Å². The van der Waals surface area contributed by atoms with Gasteiger partial charge in [-0.1, -0.05) is 24.3 Å². The zero-order chi connectivity index (χ0) is 48.7. The van der Waals surface area contributed by atoms with E-state index in [0.29, 0.717) is 0 Å². The number of hydrogen-bond acceptors (Lipinski definition) is 19. The number of phenolic OH excluding ortho intramolecular Hbond substituents is 2. The Kier molecular flexibility index (Phi) is 12.6. The summed E-state index contributed by atoms with van der Waals surface area (Å²) in [6.45, 7) is 2.66. The van der Waals surface area contributed by atoms with E-state index in [0.717, 1.165) is 0 Å². The number of ketones is 4. The number of hydrogen-bond donors (Lipinski definition) is 13. The molecule has 19 N–H and O–H groups in total. The second-order valence-corrected chi connectivity index (χ2v) is 18.0. The molecule has 0 aliphatic heterocycles. The molecule has 23 heteroatoms. The van der Waals surface area contributed by atoms with Crippen molar-refractivity contribution in [3.8, 4) is 11.5 Å². The Morgan fingerprint density at radius 3 is 1.48 bits per heavy atom. The molecule has 8 rings (SSSR count). The lowest BCUT2D eigenvalue weighted by Crippen LogP contribution is -2.71. The molecule has 0 unspecified atom stereocenters. The Balaban J connectivity index is 0.000000244. The summed E-state index contributed by atoms with van der Waals surface area (Å²) < 4.78 is 0. The van der Waals surface area contributed by atoms with Crippen LogP contribution in [0.25, 0.3) is 11.5 Å². The highest BCUT2D eigenvalue weighted by Gasteiger charge is 2.71. The molecule has 0 heterocycles. The van der Waals surface area contributed by atoms with Crippen molar-refractivity contribution in [2.24, 2.45) is 35.1 Å². The third kappa shape index (κ3) is 6.52. The van der Waals surface area contributed by atoms with Crippen molar-refractivity contribution in [2.75, 3.05) is 28.2 Å². The molecule has 6 aliphatic rings. The highest BCUT2D eigenvalue weighted by molar-refractivity contribution is 6.25. The number of rotatable bonds is 4. The molecule has 2 saturated carbocycles. The average molecular weight is 941 g/mol. The number of nitrogens with zero attached hydrogens (tertiary/aromatic N) is 2. The third-order valence-corrected chi connectivity index (χ3v) is 14.1. The van der Waals surface area contributed by atoms with E-state index in [4.69, 9.17) is 11.5 Å². The number of likely N-dealkylation sites (N-methyl/N-ethyl adjacent to an activating group) is 2. The maximum absolute atomic E-state index is 13.7. The summed E-state index contributed by atoms with van der Waals surface area (Å²) in [6.07, 6.45) is -2.07. The van der Waals surface area contributed by atoms with E-state index in [-0.39, 0.29) is 39.6 Å². The van der Waals surface area contributed by atoms with Crippen LogP contribution in [0.3, 0.4) is 0 Å². The van der Waals surface area contributed by atoms with Gasteiger partial charge in [0, 0.05) is 17.4 Å². The van der Waals surface area contributed by atoms with Gasteiger partial charge in [0.1, 0.15) is 45.7 Å². The fraction of sp³-hybridized carbons (Fsp3) is 0.409. The fourth-order valence-electron chi connectivity index (χ4n) is 11.1. The number of phenols is 2. The summed E-state index contributed by atoms with van der Waals surface area (Å²) in [6, 6.07) is 5.52. The molecule has 11 atom stereocenters. The van der Waals surface area contributed by atoms with Gasteiger partial charge in [-0.2, -0.15) is 0 Å². The molecule has 0 aromatic heterocycles. The first-order valence-corrected chi connectivity index (χ1v) is 20.0. The molecular weight excluding hydrogens is 888 g/mol. The summed E-state index contributed by atoms with van der Waals surface area (Å²) in [7, 11) is 5.81. The zero-order valence-corrected chi connectivity index (χ0v) is 36.6. The highest BCUT2D eigenvalue weighted by Crippen LogP contribution is 2.59. The van der Waals surface area contributed by atoms with Gasteiger partial charge in [0.2, 0.25) is 11.6 Å². The lowest BCUT2D eigenvalue weighted by molar-refractivity contribution is -0.181. The molecule has 2 amide bonds. The minimum Gasteiger partial charge on any atom is -0.508 e. The topological polar surface area (TPSA) is 446 Å². The number of aromatic hydroxyl groups is 2. The van der Waals surface area contributed by atoms with Crippen molar-refractivity contribution in [1.29, 1.82) is 0 Å². The number of aliphatic hydroxyl groups is 9. The summed E-state index contributed by atoms with van der Waals surface area (Å²) in [5, 5.41) is 121. The molecule has 2 aromatic carbocycles. The second-order valence-electron chi connectivity index (χ2n) is 18.0. The number of aliphatic hydroxyl groups excluding tert-OH is 5. The molecule has 67 heavy (non-hydrogen) atoms. The van der Waals surface area contributed by atoms with Crippen molar-refractivity contribution in [3.05, 3.63) is 92.5 Å². The lowest BCUT2D eigenvalue weighted by Gasteiger charge is -2.55. The zero-order valence-electron chi connectivity index (χ0n) is 36.6. The Morgan fingerprint density at radius 2 is 1.03 bits per heavy atom. The molecule has 362 valence electrons. The van der Waals surface area contributed by atoms with Crippen molar-refractivity contribution in [3.63, 3.8) is 0 Å². The number of Topliss-reactive ketones (excluding diaryl/α,β-unsaturated/α-hetero) is 4.